The van der Waals surface area contributed by atoms with Crippen LogP contribution in [0.1, 0.15) is 10.6 Å². The van der Waals surface area contributed by atoms with Crippen molar-refractivity contribution in [1.82, 2.24) is 10.2 Å². The minimum Gasteiger partial charge on any atom is -0.392 e. The molecule has 0 saturated carbocycles. The maximum absolute atomic E-state index is 9.25. The van der Waals surface area contributed by atoms with Gasteiger partial charge in [0.1, 0.15) is 5.01 Å². The van der Waals surface area contributed by atoms with Gasteiger partial charge in [-0.3, -0.25) is 0 Å². The quantitative estimate of drug-likeness (QED) is 0.932. The van der Waals surface area contributed by atoms with Crippen LogP contribution in [0.15, 0.2) is 27.4 Å². The standard InChI is InChI=1S/C10H9ClN2OS2/c1-6-12-13-10(15-6)16-9-4-2-3-8(11)7(9)5-14/h2-4,14H,5H2,1H3. The first-order chi connectivity index (χ1) is 7.70. The van der Waals surface area contributed by atoms with Crippen LogP contribution in [0.3, 0.4) is 0 Å². The second kappa shape index (κ2) is 5.14. The first-order valence-electron chi connectivity index (χ1n) is 4.57. The summed E-state index contributed by atoms with van der Waals surface area (Å²) in [7, 11) is 0. The summed E-state index contributed by atoms with van der Waals surface area (Å²) in [6.07, 6.45) is 0. The molecule has 0 radical (unpaired) electrons. The van der Waals surface area contributed by atoms with Crippen LogP contribution in [0.25, 0.3) is 0 Å². The molecule has 0 amide bonds. The van der Waals surface area contributed by atoms with Crippen molar-refractivity contribution < 1.29 is 5.11 Å². The maximum Gasteiger partial charge on any atom is 0.179 e. The molecule has 0 spiro atoms. The molecule has 0 atom stereocenters. The van der Waals surface area contributed by atoms with Crippen LogP contribution >= 0.6 is 34.7 Å². The highest BCUT2D eigenvalue weighted by atomic mass is 35.5. The third-order valence-corrected chi connectivity index (χ3v) is 4.28. The van der Waals surface area contributed by atoms with E-state index < -0.39 is 0 Å². The SMILES string of the molecule is Cc1nnc(Sc2cccc(Cl)c2CO)s1. The van der Waals surface area contributed by atoms with Crippen molar-refractivity contribution in [3.63, 3.8) is 0 Å². The highest BCUT2D eigenvalue weighted by Crippen LogP contribution is 2.34. The minimum absolute atomic E-state index is 0.0697. The summed E-state index contributed by atoms with van der Waals surface area (Å²) in [5, 5.41) is 18.7. The Labute approximate surface area is 106 Å². The number of hydrogen-bond acceptors (Lipinski definition) is 5. The molecule has 1 N–H and O–H groups in total. The first kappa shape index (κ1) is 11.9. The molecule has 2 aromatic rings. The maximum atomic E-state index is 9.25. The van der Waals surface area contributed by atoms with Gasteiger partial charge in [0.05, 0.1) is 6.61 Å². The first-order valence-corrected chi connectivity index (χ1v) is 6.58. The zero-order valence-corrected chi connectivity index (χ0v) is 10.9. The van der Waals surface area contributed by atoms with Crippen LogP contribution in [0, 0.1) is 6.92 Å². The third kappa shape index (κ3) is 2.55. The van der Waals surface area contributed by atoms with Crippen LogP contribution in [-0.2, 0) is 6.61 Å². The highest BCUT2D eigenvalue weighted by Gasteiger charge is 2.09. The zero-order chi connectivity index (χ0) is 11.5. The molecule has 1 heterocycles. The number of aromatic nitrogens is 2. The molecule has 0 saturated heterocycles. The number of benzene rings is 1. The molecule has 1 aromatic carbocycles. The van der Waals surface area contributed by atoms with Crippen LogP contribution in [0.5, 0.6) is 0 Å². The monoisotopic (exact) mass is 272 g/mol. The predicted molar refractivity (Wildman–Crippen MR) is 66.1 cm³/mol. The number of aliphatic hydroxyl groups excluding tert-OH is 1. The topological polar surface area (TPSA) is 46.0 Å². The van der Waals surface area contributed by atoms with Crippen molar-refractivity contribution in [2.24, 2.45) is 0 Å². The predicted octanol–water partition coefficient (Wildman–Crippen LogP) is 3.14. The lowest BCUT2D eigenvalue weighted by Crippen LogP contribution is -1.88. The van der Waals surface area contributed by atoms with E-state index in [-0.39, 0.29) is 6.61 Å². The zero-order valence-electron chi connectivity index (χ0n) is 8.48. The summed E-state index contributed by atoms with van der Waals surface area (Å²) in [5.74, 6) is 0. The summed E-state index contributed by atoms with van der Waals surface area (Å²) in [6, 6.07) is 5.54. The molecule has 6 heteroatoms. The summed E-state index contributed by atoms with van der Waals surface area (Å²) in [4.78, 5) is 0.922. The summed E-state index contributed by atoms with van der Waals surface area (Å²) < 4.78 is 0.856. The van der Waals surface area contributed by atoms with Crippen LogP contribution in [0.4, 0.5) is 0 Å². The molecule has 3 nitrogen and oxygen atoms in total. The molecule has 16 heavy (non-hydrogen) atoms. The van der Waals surface area contributed by atoms with E-state index in [2.05, 4.69) is 10.2 Å². The summed E-state index contributed by atoms with van der Waals surface area (Å²) in [5.41, 5.74) is 0.738. The van der Waals surface area contributed by atoms with Crippen molar-refractivity contribution in [2.45, 2.75) is 22.8 Å². The fraction of sp³-hybridized carbons (Fsp3) is 0.200. The second-order valence-corrected chi connectivity index (χ2v) is 5.94. The molecule has 0 fully saturated rings. The fourth-order valence-corrected chi connectivity index (χ4v) is 3.42. The molecule has 1 aromatic heterocycles. The number of halogens is 1. The molecule has 0 aliphatic heterocycles. The molecule has 0 unspecified atom stereocenters. The van der Waals surface area contributed by atoms with Crippen molar-refractivity contribution in [1.29, 1.82) is 0 Å². The van der Waals surface area contributed by atoms with Crippen molar-refractivity contribution >= 4 is 34.7 Å². The van der Waals surface area contributed by atoms with Gasteiger partial charge in [-0.2, -0.15) is 0 Å². The Kier molecular flexibility index (Phi) is 3.81. The number of hydrogen-bond donors (Lipinski definition) is 1. The lowest BCUT2D eigenvalue weighted by atomic mass is 10.2. The lowest BCUT2D eigenvalue weighted by Gasteiger charge is -2.06. The van der Waals surface area contributed by atoms with Crippen LogP contribution in [0.2, 0.25) is 5.02 Å². The second-order valence-electron chi connectivity index (χ2n) is 3.06. The summed E-state index contributed by atoms with van der Waals surface area (Å²) in [6.45, 7) is 1.84. The van der Waals surface area contributed by atoms with Crippen LogP contribution < -0.4 is 0 Å². The van der Waals surface area contributed by atoms with Crippen molar-refractivity contribution in [2.75, 3.05) is 0 Å². The molecule has 84 valence electrons. The number of rotatable bonds is 3. The Bertz CT molecular complexity index is 501. The molecular weight excluding hydrogens is 264 g/mol. The number of aliphatic hydroxyl groups is 1. The van der Waals surface area contributed by atoms with E-state index in [0.29, 0.717) is 5.02 Å². The van der Waals surface area contributed by atoms with E-state index in [1.807, 2.05) is 19.1 Å². The van der Waals surface area contributed by atoms with Crippen molar-refractivity contribution in [3.8, 4) is 0 Å². The van der Waals surface area contributed by atoms with Gasteiger partial charge in [-0.1, -0.05) is 40.8 Å². The Morgan fingerprint density at radius 3 is 2.88 bits per heavy atom. The van der Waals surface area contributed by atoms with Gasteiger partial charge in [-0.05, 0) is 19.1 Å². The van der Waals surface area contributed by atoms with E-state index in [0.717, 1.165) is 19.8 Å². The smallest absolute Gasteiger partial charge is 0.179 e. The van der Waals surface area contributed by atoms with E-state index in [1.54, 1.807) is 6.07 Å². The highest BCUT2D eigenvalue weighted by molar-refractivity contribution is 8.01. The van der Waals surface area contributed by atoms with E-state index in [9.17, 15) is 5.11 Å². The molecule has 2 rings (SSSR count). The van der Waals surface area contributed by atoms with Gasteiger partial charge in [0.2, 0.25) is 0 Å². The van der Waals surface area contributed by atoms with Gasteiger partial charge in [0.15, 0.2) is 4.34 Å². The van der Waals surface area contributed by atoms with Crippen molar-refractivity contribution in [3.05, 3.63) is 33.8 Å². The Hall–Kier alpha value is -0.620. The number of aryl methyl sites for hydroxylation is 1. The van der Waals surface area contributed by atoms with Gasteiger partial charge in [0, 0.05) is 15.5 Å². The van der Waals surface area contributed by atoms with E-state index in [4.69, 9.17) is 11.6 Å². The average Bonchev–Trinajstić information content (AvgIpc) is 2.64. The van der Waals surface area contributed by atoms with Gasteiger partial charge in [0.25, 0.3) is 0 Å². The van der Waals surface area contributed by atoms with E-state index >= 15 is 0 Å². The largest absolute Gasteiger partial charge is 0.392 e. The van der Waals surface area contributed by atoms with Gasteiger partial charge >= 0.3 is 0 Å². The molecule has 0 bridgehead atoms. The number of nitrogens with zero attached hydrogens (tertiary/aromatic N) is 2. The Morgan fingerprint density at radius 2 is 2.25 bits per heavy atom. The van der Waals surface area contributed by atoms with Gasteiger partial charge < -0.3 is 5.11 Å². The minimum atomic E-state index is -0.0697. The van der Waals surface area contributed by atoms with Gasteiger partial charge in [-0.15, -0.1) is 10.2 Å². The lowest BCUT2D eigenvalue weighted by molar-refractivity contribution is 0.279. The van der Waals surface area contributed by atoms with Gasteiger partial charge in [-0.25, -0.2) is 0 Å². The normalized spacial score (nSPS) is 10.7. The van der Waals surface area contributed by atoms with E-state index in [1.165, 1.54) is 23.1 Å². The summed E-state index contributed by atoms with van der Waals surface area (Å²) >= 11 is 8.99. The Balaban J connectivity index is 2.30. The fourth-order valence-electron chi connectivity index (χ4n) is 1.20. The Morgan fingerprint density at radius 1 is 1.44 bits per heavy atom. The molecule has 0 aliphatic rings. The molecule has 0 aliphatic carbocycles. The average molecular weight is 273 g/mol. The molecular formula is C10H9ClN2OS2. The third-order valence-electron chi connectivity index (χ3n) is 1.94. The van der Waals surface area contributed by atoms with Crippen LogP contribution in [-0.4, -0.2) is 15.3 Å².